The lowest BCUT2D eigenvalue weighted by Gasteiger charge is -2.30. The molecule has 3 heterocycles. The minimum atomic E-state index is -3.38. The van der Waals surface area contributed by atoms with Gasteiger partial charge in [0.1, 0.15) is 10.0 Å². The molecule has 1 N–H and O–H groups in total. The van der Waals surface area contributed by atoms with Crippen molar-refractivity contribution in [3.63, 3.8) is 0 Å². The molecule has 0 radical (unpaired) electrons. The van der Waals surface area contributed by atoms with Crippen LogP contribution in [0.25, 0.3) is 11.0 Å². The highest BCUT2D eigenvalue weighted by Gasteiger charge is 2.32. The summed E-state index contributed by atoms with van der Waals surface area (Å²) in [5, 5.41) is 1.80. The summed E-state index contributed by atoms with van der Waals surface area (Å²) in [5.41, 5.74) is 1.93. The van der Waals surface area contributed by atoms with Gasteiger partial charge in [0.25, 0.3) is 10.0 Å². The summed E-state index contributed by atoms with van der Waals surface area (Å²) in [6, 6.07) is 11.3. The molecule has 4 rings (SSSR count). The summed E-state index contributed by atoms with van der Waals surface area (Å²) in [7, 11) is -3.38. The van der Waals surface area contributed by atoms with Crippen molar-refractivity contribution in [1.82, 2.24) is 14.3 Å². The van der Waals surface area contributed by atoms with Gasteiger partial charge in [0, 0.05) is 19.0 Å². The van der Waals surface area contributed by atoms with E-state index in [2.05, 4.69) is 9.97 Å². The van der Waals surface area contributed by atoms with Crippen LogP contribution in [0, 0.1) is 0 Å². The number of rotatable bonds is 3. The van der Waals surface area contributed by atoms with E-state index in [-0.39, 0.29) is 5.92 Å². The highest BCUT2D eigenvalue weighted by molar-refractivity contribution is 7.91. The molecule has 1 fully saturated rings. The number of aromatic amines is 1. The molecular weight excluding hydrogens is 330 g/mol. The monoisotopic (exact) mass is 347 g/mol. The lowest BCUT2D eigenvalue weighted by Crippen LogP contribution is -2.39. The number of thiophene rings is 1. The molecule has 1 aromatic carbocycles. The summed E-state index contributed by atoms with van der Waals surface area (Å²) in [6.07, 6.45) is 1.81. The van der Waals surface area contributed by atoms with Gasteiger partial charge in [-0.05, 0) is 36.4 Å². The highest BCUT2D eigenvalue weighted by atomic mass is 32.2. The standard InChI is InChI=1S/C16H17N3O2S2/c20-23(21,15-8-4-10-22-15)19-9-3-5-12(11-19)16-17-13-6-1-2-7-14(13)18-16/h1-2,4,6-8,10,12H,3,5,9,11H2,(H,17,18). The number of para-hydroxylation sites is 2. The van der Waals surface area contributed by atoms with Gasteiger partial charge in [-0.1, -0.05) is 18.2 Å². The number of sulfonamides is 1. The maximum Gasteiger partial charge on any atom is 0.252 e. The number of hydrogen-bond acceptors (Lipinski definition) is 4. The third-order valence-electron chi connectivity index (χ3n) is 4.27. The van der Waals surface area contributed by atoms with E-state index >= 15 is 0 Å². The van der Waals surface area contributed by atoms with Gasteiger partial charge in [-0.25, -0.2) is 13.4 Å². The average molecular weight is 347 g/mol. The fourth-order valence-electron chi connectivity index (χ4n) is 3.09. The summed E-state index contributed by atoms with van der Waals surface area (Å²) >= 11 is 1.27. The van der Waals surface area contributed by atoms with Crippen LogP contribution < -0.4 is 0 Å². The number of aromatic nitrogens is 2. The molecule has 1 unspecified atom stereocenters. The van der Waals surface area contributed by atoms with E-state index in [0.717, 1.165) is 29.7 Å². The SMILES string of the molecule is O=S(=O)(c1cccs1)N1CCCC(c2nc3ccccc3[nH]2)C1. The van der Waals surface area contributed by atoms with E-state index in [9.17, 15) is 8.42 Å². The first-order chi connectivity index (χ1) is 11.1. The Morgan fingerprint density at radius 2 is 2.09 bits per heavy atom. The number of nitrogens with zero attached hydrogens (tertiary/aromatic N) is 2. The van der Waals surface area contributed by atoms with Crippen LogP contribution in [0.1, 0.15) is 24.6 Å². The summed E-state index contributed by atoms with van der Waals surface area (Å²) in [4.78, 5) is 7.98. The Hall–Kier alpha value is -1.70. The summed E-state index contributed by atoms with van der Waals surface area (Å²) in [6.45, 7) is 1.07. The molecule has 7 heteroatoms. The number of nitrogens with one attached hydrogen (secondary N) is 1. The molecule has 1 atom stereocenters. The molecule has 1 aliphatic rings. The van der Waals surface area contributed by atoms with Crippen LogP contribution in [0.2, 0.25) is 0 Å². The normalized spacial score (nSPS) is 20.1. The zero-order valence-electron chi connectivity index (χ0n) is 12.5. The molecular formula is C16H17N3O2S2. The first-order valence-electron chi connectivity index (χ1n) is 7.63. The van der Waals surface area contributed by atoms with E-state index in [1.807, 2.05) is 24.3 Å². The van der Waals surface area contributed by atoms with Crippen LogP contribution >= 0.6 is 11.3 Å². The Labute approximate surface area is 139 Å². The van der Waals surface area contributed by atoms with E-state index in [0.29, 0.717) is 17.3 Å². The zero-order chi connectivity index (χ0) is 15.9. The second kappa shape index (κ2) is 5.74. The average Bonchev–Trinajstić information content (AvgIpc) is 3.24. The molecule has 0 aliphatic carbocycles. The van der Waals surface area contributed by atoms with Crippen LogP contribution in [0.3, 0.4) is 0 Å². The maximum atomic E-state index is 12.7. The minimum Gasteiger partial charge on any atom is -0.342 e. The molecule has 0 bridgehead atoms. The Bertz CT molecular complexity index is 883. The summed E-state index contributed by atoms with van der Waals surface area (Å²) in [5.74, 6) is 1.00. The van der Waals surface area contributed by atoms with Gasteiger partial charge in [-0.2, -0.15) is 4.31 Å². The Morgan fingerprint density at radius 3 is 2.87 bits per heavy atom. The van der Waals surface area contributed by atoms with E-state index in [4.69, 9.17) is 0 Å². The van der Waals surface area contributed by atoms with Gasteiger partial charge in [0.05, 0.1) is 11.0 Å². The van der Waals surface area contributed by atoms with Crippen LogP contribution in [0.15, 0.2) is 46.0 Å². The molecule has 23 heavy (non-hydrogen) atoms. The largest absolute Gasteiger partial charge is 0.342 e. The van der Waals surface area contributed by atoms with Crippen molar-refractivity contribution < 1.29 is 8.42 Å². The second-order valence-corrected chi connectivity index (χ2v) is 8.89. The predicted molar refractivity (Wildman–Crippen MR) is 91.1 cm³/mol. The topological polar surface area (TPSA) is 66.1 Å². The van der Waals surface area contributed by atoms with E-state index < -0.39 is 10.0 Å². The lowest BCUT2D eigenvalue weighted by molar-refractivity contribution is 0.311. The summed E-state index contributed by atoms with van der Waals surface area (Å²) < 4.78 is 27.4. The van der Waals surface area contributed by atoms with Gasteiger partial charge in [-0.15, -0.1) is 11.3 Å². The number of benzene rings is 1. The number of H-pyrrole nitrogens is 1. The van der Waals surface area contributed by atoms with Crippen molar-refractivity contribution >= 4 is 32.4 Å². The molecule has 1 saturated heterocycles. The van der Waals surface area contributed by atoms with Crippen molar-refractivity contribution in [2.45, 2.75) is 23.0 Å². The van der Waals surface area contributed by atoms with Crippen molar-refractivity contribution in [1.29, 1.82) is 0 Å². The number of piperidine rings is 1. The third-order valence-corrected chi connectivity index (χ3v) is 7.51. The first kappa shape index (κ1) is 14.9. The first-order valence-corrected chi connectivity index (χ1v) is 9.95. The third kappa shape index (κ3) is 2.69. The molecule has 0 spiro atoms. The molecule has 5 nitrogen and oxygen atoms in total. The second-order valence-electron chi connectivity index (χ2n) is 5.77. The van der Waals surface area contributed by atoms with Crippen molar-refractivity contribution in [2.24, 2.45) is 0 Å². The van der Waals surface area contributed by atoms with Gasteiger partial charge in [-0.3, -0.25) is 0 Å². The van der Waals surface area contributed by atoms with Gasteiger partial charge in [0.2, 0.25) is 0 Å². The fourth-order valence-corrected chi connectivity index (χ4v) is 5.76. The Balaban J connectivity index is 1.62. The maximum absolute atomic E-state index is 12.7. The number of hydrogen-bond donors (Lipinski definition) is 1. The van der Waals surface area contributed by atoms with Crippen molar-refractivity contribution in [3.8, 4) is 0 Å². The molecule has 2 aromatic heterocycles. The van der Waals surface area contributed by atoms with Gasteiger partial charge in [0.15, 0.2) is 0 Å². The highest BCUT2D eigenvalue weighted by Crippen LogP contribution is 2.31. The Kier molecular flexibility index (Phi) is 3.71. The number of fused-ring (bicyclic) bond motifs is 1. The molecule has 0 saturated carbocycles. The lowest BCUT2D eigenvalue weighted by atomic mass is 9.99. The molecule has 1 aliphatic heterocycles. The van der Waals surface area contributed by atoms with Crippen LogP contribution in [-0.4, -0.2) is 35.8 Å². The smallest absolute Gasteiger partial charge is 0.252 e. The van der Waals surface area contributed by atoms with Crippen molar-refractivity contribution in [2.75, 3.05) is 13.1 Å². The van der Waals surface area contributed by atoms with Crippen LogP contribution in [0.5, 0.6) is 0 Å². The minimum absolute atomic E-state index is 0.117. The van der Waals surface area contributed by atoms with E-state index in [1.165, 1.54) is 11.3 Å². The number of imidazole rings is 1. The van der Waals surface area contributed by atoms with E-state index in [1.54, 1.807) is 21.8 Å². The fraction of sp³-hybridized carbons (Fsp3) is 0.312. The molecule has 0 amide bonds. The van der Waals surface area contributed by atoms with Gasteiger partial charge < -0.3 is 4.98 Å². The quantitative estimate of drug-likeness (QED) is 0.791. The molecule has 3 aromatic rings. The molecule has 120 valence electrons. The van der Waals surface area contributed by atoms with Crippen molar-refractivity contribution in [3.05, 3.63) is 47.6 Å². The Morgan fingerprint density at radius 1 is 1.22 bits per heavy atom. The van der Waals surface area contributed by atoms with Gasteiger partial charge >= 0.3 is 0 Å². The zero-order valence-corrected chi connectivity index (χ0v) is 14.1. The predicted octanol–water partition coefficient (Wildman–Crippen LogP) is 3.19. The van der Waals surface area contributed by atoms with Crippen LogP contribution in [-0.2, 0) is 10.0 Å². The van der Waals surface area contributed by atoms with Crippen LogP contribution in [0.4, 0.5) is 0 Å².